The first-order valence-corrected chi connectivity index (χ1v) is 8.25. The summed E-state index contributed by atoms with van der Waals surface area (Å²) in [5, 5.41) is 1.56. The van der Waals surface area contributed by atoms with E-state index >= 15 is 0 Å². The van der Waals surface area contributed by atoms with Gasteiger partial charge in [-0.15, -0.1) is 0 Å². The number of nitrogens with zero attached hydrogens (tertiary/aromatic N) is 3. The molecule has 7 heteroatoms. The fourth-order valence-electron chi connectivity index (χ4n) is 3.76. The quantitative estimate of drug-likeness (QED) is 0.796. The Hall–Kier alpha value is -2.21. The molecule has 1 aromatic carbocycles. The highest BCUT2D eigenvalue weighted by atomic mass is 35.5. The number of aryl methyl sites for hydroxylation is 1. The number of hydrogen-bond acceptors (Lipinski definition) is 3. The maximum Gasteiger partial charge on any atom is 0.410 e. The number of fused-ring (bicyclic) bond motifs is 1. The molecule has 6 nitrogen and oxygen atoms in total. The van der Waals surface area contributed by atoms with E-state index in [2.05, 4.69) is 0 Å². The van der Waals surface area contributed by atoms with Crippen LogP contribution in [0.3, 0.4) is 0 Å². The molecule has 0 radical (unpaired) electrons. The van der Waals surface area contributed by atoms with Crippen LogP contribution in [0, 0.1) is 0 Å². The summed E-state index contributed by atoms with van der Waals surface area (Å²) >= 11 is 6.26. The van der Waals surface area contributed by atoms with E-state index in [4.69, 9.17) is 16.3 Å². The van der Waals surface area contributed by atoms with Gasteiger partial charge >= 0.3 is 6.09 Å². The third-order valence-corrected chi connectivity index (χ3v) is 5.28. The molecule has 2 aliphatic rings. The second kappa shape index (κ2) is 5.14. The lowest BCUT2D eigenvalue weighted by atomic mass is 10.0. The van der Waals surface area contributed by atoms with Gasteiger partial charge in [0.05, 0.1) is 23.6 Å². The average Bonchev–Trinajstić information content (AvgIpc) is 3.17. The first-order chi connectivity index (χ1) is 11.4. The molecular formula is C17H18ClN3O3. The summed E-state index contributed by atoms with van der Waals surface area (Å²) in [6.45, 7) is 1.53. The topological polar surface area (TPSA) is 54.8 Å². The van der Waals surface area contributed by atoms with Crippen LogP contribution in [0.4, 0.5) is 4.79 Å². The maximum atomic E-state index is 13.0. The summed E-state index contributed by atoms with van der Waals surface area (Å²) < 4.78 is 7.34. The van der Waals surface area contributed by atoms with Gasteiger partial charge in [0.25, 0.3) is 5.91 Å². The van der Waals surface area contributed by atoms with Crippen LogP contribution in [-0.4, -0.2) is 58.7 Å². The third kappa shape index (κ3) is 2.17. The number of carbonyl (C=O) groups is 2. The van der Waals surface area contributed by atoms with Crippen LogP contribution in [0.1, 0.15) is 16.9 Å². The molecule has 1 spiro atoms. The maximum absolute atomic E-state index is 13.0. The molecule has 4 rings (SSSR count). The summed E-state index contributed by atoms with van der Waals surface area (Å²) in [5.74, 6) is -0.0627. The molecule has 2 aliphatic heterocycles. The van der Waals surface area contributed by atoms with E-state index in [-0.39, 0.29) is 12.0 Å². The summed E-state index contributed by atoms with van der Waals surface area (Å²) in [6.07, 6.45) is 0.347. The van der Waals surface area contributed by atoms with Gasteiger partial charge in [-0.1, -0.05) is 23.7 Å². The highest BCUT2D eigenvalue weighted by Crippen LogP contribution is 2.33. The number of para-hydroxylation sites is 1. The number of likely N-dealkylation sites (tertiary alicyclic amines) is 1. The Morgan fingerprint density at radius 3 is 2.75 bits per heavy atom. The second-order valence-corrected chi connectivity index (χ2v) is 7.06. The van der Waals surface area contributed by atoms with E-state index in [0.29, 0.717) is 36.8 Å². The Morgan fingerprint density at radius 1 is 1.29 bits per heavy atom. The van der Waals surface area contributed by atoms with E-state index in [9.17, 15) is 9.59 Å². The van der Waals surface area contributed by atoms with Crippen molar-refractivity contribution in [3.63, 3.8) is 0 Å². The number of amides is 2. The Kier molecular flexibility index (Phi) is 3.28. The molecule has 0 bridgehead atoms. The summed E-state index contributed by atoms with van der Waals surface area (Å²) in [7, 11) is 3.56. The van der Waals surface area contributed by atoms with Gasteiger partial charge in [-0.3, -0.25) is 4.79 Å². The lowest BCUT2D eigenvalue weighted by molar-refractivity contribution is 0.0549. The minimum absolute atomic E-state index is 0.0627. The Balaban J connectivity index is 1.63. The number of carbonyl (C=O) groups excluding carboxylic acids is 2. The highest BCUT2D eigenvalue weighted by Gasteiger charge is 2.49. The van der Waals surface area contributed by atoms with Gasteiger partial charge in [-0.25, -0.2) is 4.79 Å². The lowest BCUT2D eigenvalue weighted by Gasteiger charge is -2.22. The number of likely N-dealkylation sites (N-methyl/N-ethyl adjacent to an activating group) is 1. The van der Waals surface area contributed by atoms with E-state index < -0.39 is 5.60 Å². The zero-order valence-corrected chi connectivity index (χ0v) is 14.3. The summed E-state index contributed by atoms with van der Waals surface area (Å²) in [5.41, 5.74) is 0.875. The summed E-state index contributed by atoms with van der Waals surface area (Å²) in [6, 6.07) is 7.49. The normalized spacial score (nSPS) is 23.5. The number of ether oxygens (including phenoxy) is 1. The predicted octanol–water partition coefficient (Wildman–Crippen LogP) is 2.50. The zero-order chi connectivity index (χ0) is 17.1. The minimum atomic E-state index is -0.566. The van der Waals surface area contributed by atoms with Crippen molar-refractivity contribution in [3.05, 3.63) is 35.0 Å². The van der Waals surface area contributed by atoms with Crippen molar-refractivity contribution >= 4 is 34.5 Å². The van der Waals surface area contributed by atoms with Gasteiger partial charge < -0.3 is 19.1 Å². The summed E-state index contributed by atoms with van der Waals surface area (Å²) in [4.78, 5) is 28.0. The fourth-order valence-corrected chi connectivity index (χ4v) is 4.07. The van der Waals surface area contributed by atoms with Gasteiger partial charge in [0.15, 0.2) is 5.60 Å². The van der Waals surface area contributed by atoms with Crippen LogP contribution in [0.25, 0.3) is 10.9 Å². The lowest BCUT2D eigenvalue weighted by Crippen LogP contribution is -2.39. The first-order valence-electron chi connectivity index (χ1n) is 7.88. The molecule has 126 valence electrons. The van der Waals surface area contributed by atoms with Crippen LogP contribution < -0.4 is 0 Å². The van der Waals surface area contributed by atoms with Gasteiger partial charge in [0, 0.05) is 32.4 Å². The van der Waals surface area contributed by atoms with E-state index in [1.807, 2.05) is 35.9 Å². The van der Waals surface area contributed by atoms with Crippen LogP contribution in [0.5, 0.6) is 0 Å². The van der Waals surface area contributed by atoms with Crippen LogP contribution in [-0.2, 0) is 11.8 Å². The zero-order valence-electron chi connectivity index (χ0n) is 13.6. The molecule has 2 amide bonds. The molecule has 3 heterocycles. The Labute approximate surface area is 144 Å². The predicted molar refractivity (Wildman–Crippen MR) is 90.3 cm³/mol. The van der Waals surface area contributed by atoms with Crippen molar-refractivity contribution in [1.82, 2.24) is 14.4 Å². The smallest absolute Gasteiger partial charge is 0.410 e. The molecule has 0 saturated carbocycles. The molecule has 2 saturated heterocycles. The van der Waals surface area contributed by atoms with Gasteiger partial charge in [-0.2, -0.15) is 0 Å². The minimum Gasteiger partial charge on any atom is -0.439 e. The Morgan fingerprint density at radius 2 is 2.08 bits per heavy atom. The van der Waals surface area contributed by atoms with Crippen LogP contribution >= 0.6 is 11.6 Å². The van der Waals surface area contributed by atoms with Crippen LogP contribution in [0.15, 0.2) is 24.3 Å². The molecule has 24 heavy (non-hydrogen) atoms. The van der Waals surface area contributed by atoms with Gasteiger partial charge in [0.1, 0.15) is 5.69 Å². The SMILES string of the molecule is CN1C[C@@]2(CCN(C(=O)c3cc4cccc(Cl)c4n3C)C2)OC1=O. The number of benzene rings is 1. The van der Waals surface area contributed by atoms with Crippen LogP contribution in [0.2, 0.25) is 5.02 Å². The fraction of sp³-hybridized carbons (Fsp3) is 0.412. The van der Waals surface area contributed by atoms with Crippen molar-refractivity contribution in [3.8, 4) is 0 Å². The first kappa shape index (κ1) is 15.3. The van der Waals surface area contributed by atoms with Gasteiger partial charge in [0.2, 0.25) is 0 Å². The van der Waals surface area contributed by atoms with Gasteiger partial charge in [-0.05, 0) is 12.1 Å². The van der Waals surface area contributed by atoms with Crippen molar-refractivity contribution in [1.29, 1.82) is 0 Å². The molecule has 1 atom stereocenters. The molecule has 2 fully saturated rings. The number of hydrogen-bond donors (Lipinski definition) is 0. The molecule has 0 N–H and O–H groups in total. The van der Waals surface area contributed by atoms with Crippen molar-refractivity contribution < 1.29 is 14.3 Å². The molecule has 0 unspecified atom stereocenters. The van der Waals surface area contributed by atoms with E-state index in [0.717, 1.165) is 10.9 Å². The van der Waals surface area contributed by atoms with Crippen molar-refractivity contribution in [2.24, 2.45) is 7.05 Å². The van der Waals surface area contributed by atoms with E-state index in [1.54, 1.807) is 16.8 Å². The largest absolute Gasteiger partial charge is 0.439 e. The third-order valence-electron chi connectivity index (χ3n) is 4.97. The number of rotatable bonds is 1. The number of aromatic nitrogens is 1. The second-order valence-electron chi connectivity index (χ2n) is 6.65. The van der Waals surface area contributed by atoms with Crippen molar-refractivity contribution in [2.45, 2.75) is 12.0 Å². The monoisotopic (exact) mass is 347 g/mol. The standard InChI is InChI=1S/C17H18ClN3O3/c1-19-9-17(24-16(19)23)6-7-21(10-17)15(22)13-8-11-4-3-5-12(18)14(11)20(13)2/h3-5,8H,6-7,9-10H2,1-2H3/t17-/m1/s1. The molecular weight excluding hydrogens is 330 g/mol. The molecule has 0 aliphatic carbocycles. The Bertz CT molecular complexity index is 862. The molecule has 2 aromatic rings. The highest BCUT2D eigenvalue weighted by molar-refractivity contribution is 6.35. The molecule has 1 aromatic heterocycles. The average molecular weight is 348 g/mol. The number of halogens is 1. The van der Waals surface area contributed by atoms with E-state index in [1.165, 1.54) is 0 Å². The van der Waals surface area contributed by atoms with Crippen molar-refractivity contribution in [2.75, 3.05) is 26.7 Å².